The minimum absolute atomic E-state index is 0.0121. The van der Waals surface area contributed by atoms with Crippen LogP contribution in [0.15, 0.2) is 84.3 Å². The van der Waals surface area contributed by atoms with E-state index in [4.69, 9.17) is 16.3 Å². The van der Waals surface area contributed by atoms with E-state index in [-0.39, 0.29) is 22.3 Å². The highest BCUT2D eigenvalue weighted by molar-refractivity contribution is 8.00. The average Bonchev–Trinajstić information content (AvgIpc) is 3.32. The topological polar surface area (TPSA) is 112 Å². The molecule has 0 radical (unpaired) electrons. The number of methoxy groups -OCH3 is 1. The van der Waals surface area contributed by atoms with Crippen LogP contribution in [0, 0.1) is 10.1 Å². The van der Waals surface area contributed by atoms with Crippen LogP contribution in [0.2, 0.25) is 5.02 Å². The molecule has 0 spiro atoms. The molecule has 3 aromatic carbocycles. The van der Waals surface area contributed by atoms with Crippen molar-refractivity contribution in [2.24, 2.45) is 0 Å². The lowest BCUT2D eigenvalue weighted by molar-refractivity contribution is -0.384. The molecule has 0 aliphatic carbocycles. The van der Waals surface area contributed by atoms with Crippen molar-refractivity contribution in [3.63, 3.8) is 0 Å². The number of para-hydroxylation sites is 2. The number of aromatic nitrogens is 3. The first-order valence-electron chi connectivity index (χ1n) is 9.97. The fourth-order valence-electron chi connectivity index (χ4n) is 3.24. The van der Waals surface area contributed by atoms with E-state index in [1.165, 1.54) is 30.0 Å². The molecule has 172 valence electrons. The Morgan fingerprint density at radius 1 is 1.15 bits per heavy atom. The van der Waals surface area contributed by atoms with Crippen molar-refractivity contribution >= 4 is 40.6 Å². The molecule has 0 fully saturated rings. The van der Waals surface area contributed by atoms with Crippen LogP contribution in [-0.2, 0) is 4.79 Å². The zero-order chi connectivity index (χ0) is 24.1. The average molecular weight is 496 g/mol. The SMILES string of the molecule is COc1ccccc1-n1cnnc1S[C@H](C(=O)Nc1ccc(Cl)c([N+](=O)[O-])c1)c1ccccc1. The van der Waals surface area contributed by atoms with Gasteiger partial charge >= 0.3 is 0 Å². The number of nitrogens with one attached hydrogen (secondary N) is 1. The smallest absolute Gasteiger partial charge is 0.289 e. The van der Waals surface area contributed by atoms with Crippen LogP contribution in [-0.4, -0.2) is 32.7 Å². The number of benzene rings is 3. The molecule has 0 saturated heterocycles. The zero-order valence-electron chi connectivity index (χ0n) is 17.8. The largest absolute Gasteiger partial charge is 0.495 e. The highest BCUT2D eigenvalue weighted by atomic mass is 35.5. The molecule has 0 aliphatic heterocycles. The molecule has 0 saturated carbocycles. The number of nitro benzene ring substituents is 1. The molecule has 1 amide bonds. The summed E-state index contributed by atoms with van der Waals surface area (Å²) in [5.74, 6) is 0.237. The van der Waals surface area contributed by atoms with Crippen LogP contribution in [0.25, 0.3) is 5.69 Å². The van der Waals surface area contributed by atoms with Gasteiger partial charge in [0.1, 0.15) is 22.3 Å². The minimum atomic E-state index is -0.728. The second-order valence-corrected chi connectivity index (χ2v) is 8.46. The third-order valence-corrected chi connectivity index (χ3v) is 6.37. The lowest BCUT2D eigenvalue weighted by Gasteiger charge is -2.17. The number of anilines is 1. The van der Waals surface area contributed by atoms with Crippen molar-refractivity contribution in [2.75, 3.05) is 12.4 Å². The molecule has 4 aromatic rings. The number of hydrogen-bond donors (Lipinski definition) is 1. The summed E-state index contributed by atoms with van der Waals surface area (Å²) in [5.41, 5.74) is 1.41. The van der Waals surface area contributed by atoms with Crippen LogP contribution >= 0.6 is 23.4 Å². The van der Waals surface area contributed by atoms with Crippen LogP contribution in [0.4, 0.5) is 11.4 Å². The van der Waals surface area contributed by atoms with Gasteiger partial charge in [0.25, 0.3) is 5.69 Å². The Kier molecular flexibility index (Phi) is 7.09. The zero-order valence-corrected chi connectivity index (χ0v) is 19.4. The lowest BCUT2D eigenvalue weighted by Crippen LogP contribution is -2.19. The van der Waals surface area contributed by atoms with Gasteiger partial charge in [-0.3, -0.25) is 19.5 Å². The highest BCUT2D eigenvalue weighted by Gasteiger charge is 2.26. The van der Waals surface area contributed by atoms with Gasteiger partial charge in [0.2, 0.25) is 5.91 Å². The Morgan fingerprint density at radius 2 is 1.88 bits per heavy atom. The highest BCUT2D eigenvalue weighted by Crippen LogP contribution is 2.37. The summed E-state index contributed by atoms with van der Waals surface area (Å²) in [6.07, 6.45) is 1.54. The fraction of sp³-hybridized carbons (Fsp3) is 0.0870. The Morgan fingerprint density at radius 3 is 2.62 bits per heavy atom. The van der Waals surface area contributed by atoms with Gasteiger partial charge in [-0.25, -0.2) is 0 Å². The van der Waals surface area contributed by atoms with Gasteiger partial charge in [0.15, 0.2) is 5.16 Å². The molecule has 0 bridgehead atoms. The van der Waals surface area contributed by atoms with E-state index in [1.807, 2.05) is 54.6 Å². The summed E-state index contributed by atoms with van der Waals surface area (Å²) >= 11 is 7.09. The van der Waals surface area contributed by atoms with Crippen molar-refractivity contribution in [2.45, 2.75) is 10.4 Å². The number of rotatable bonds is 8. The van der Waals surface area contributed by atoms with Crippen molar-refractivity contribution in [1.82, 2.24) is 14.8 Å². The van der Waals surface area contributed by atoms with Crippen LogP contribution < -0.4 is 10.1 Å². The first-order valence-corrected chi connectivity index (χ1v) is 11.2. The molecule has 1 N–H and O–H groups in total. The van der Waals surface area contributed by atoms with E-state index in [0.29, 0.717) is 10.9 Å². The van der Waals surface area contributed by atoms with Gasteiger partial charge in [-0.05, 0) is 29.8 Å². The molecule has 0 aliphatic rings. The molecule has 1 atom stereocenters. The van der Waals surface area contributed by atoms with Crippen LogP contribution in [0.1, 0.15) is 10.8 Å². The summed E-state index contributed by atoms with van der Waals surface area (Å²) in [7, 11) is 1.57. The number of thioether (sulfide) groups is 1. The maximum atomic E-state index is 13.4. The molecular weight excluding hydrogens is 478 g/mol. The Labute approximate surface area is 203 Å². The first kappa shape index (κ1) is 23.3. The standard InChI is InChI=1S/C23H18ClN5O4S/c1-33-20-10-6-5-9-18(20)28-14-25-27-23(28)34-21(15-7-3-2-4-8-15)22(30)26-16-11-12-17(24)19(13-16)29(31)32/h2-14,21H,1H3,(H,26,30)/t21-/m0/s1. The molecular formula is C23H18ClN5O4S. The second kappa shape index (κ2) is 10.4. The van der Waals surface area contributed by atoms with E-state index in [9.17, 15) is 14.9 Å². The number of amides is 1. The summed E-state index contributed by atoms with van der Waals surface area (Å²) in [6, 6.07) is 20.7. The van der Waals surface area contributed by atoms with Crippen molar-refractivity contribution in [3.8, 4) is 11.4 Å². The van der Waals surface area contributed by atoms with Crippen LogP contribution in [0.3, 0.4) is 0 Å². The van der Waals surface area contributed by atoms with Gasteiger partial charge in [-0.15, -0.1) is 10.2 Å². The maximum absolute atomic E-state index is 13.4. The molecule has 0 unspecified atom stereocenters. The van der Waals surface area contributed by atoms with Gasteiger partial charge in [0, 0.05) is 11.8 Å². The molecule has 11 heteroatoms. The van der Waals surface area contributed by atoms with E-state index >= 15 is 0 Å². The number of halogens is 1. The Hall–Kier alpha value is -3.89. The predicted octanol–water partition coefficient (Wildman–Crippen LogP) is 5.31. The van der Waals surface area contributed by atoms with Gasteiger partial charge in [0.05, 0.1) is 17.7 Å². The number of carbonyl (C=O) groups is 1. The third-order valence-electron chi connectivity index (χ3n) is 4.84. The summed E-state index contributed by atoms with van der Waals surface area (Å²) in [6.45, 7) is 0. The predicted molar refractivity (Wildman–Crippen MR) is 130 cm³/mol. The Balaban J connectivity index is 1.67. The monoisotopic (exact) mass is 495 g/mol. The van der Waals surface area contributed by atoms with Gasteiger partial charge in [-0.1, -0.05) is 65.8 Å². The lowest BCUT2D eigenvalue weighted by atomic mass is 10.1. The van der Waals surface area contributed by atoms with Gasteiger partial charge < -0.3 is 10.1 Å². The number of carbonyl (C=O) groups excluding carboxylic acids is 1. The number of nitrogens with zero attached hydrogens (tertiary/aromatic N) is 4. The number of hydrogen-bond acceptors (Lipinski definition) is 7. The van der Waals surface area contributed by atoms with E-state index in [1.54, 1.807) is 18.0 Å². The molecule has 1 heterocycles. The summed E-state index contributed by atoms with van der Waals surface area (Å²) in [4.78, 5) is 24.0. The second-order valence-electron chi connectivity index (χ2n) is 6.98. The quantitative estimate of drug-likeness (QED) is 0.200. The van der Waals surface area contributed by atoms with Crippen molar-refractivity contribution in [3.05, 3.63) is 99.8 Å². The number of ether oxygens (including phenoxy) is 1. The molecule has 1 aromatic heterocycles. The Bertz CT molecular complexity index is 1330. The number of nitro groups is 1. The van der Waals surface area contributed by atoms with Crippen LogP contribution in [0.5, 0.6) is 5.75 Å². The normalized spacial score (nSPS) is 11.6. The third kappa shape index (κ3) is 5.03. The molecule has 34 heavy (non-hydrogen) atoms. The molecule has 4 rings (SSSR count). The van der Waals surface area contributed by atoms with Crippen molar-refractivity contribution < 1.29 is 14.5 Å². The van der Waals surface area contributed by atoms with Gasteiger partial charge in [-0.2, -0.15) is 0 Å². The maximum Gasteiger partial charge on any atom is 0.289 e. The van der Waals surface area contributed by atoms with E-state index < -0.39 is 10.2 Å². The molecule has 9 nitrogen and oxygen atoms in total. The first-order chi connectivity index (χ1) is 16.5. The minimum Gasteiger partial charge on any atom is -0.495 e. The van der Waals surface area contributed by atoms with Crippen molar-refractivity contribution in [1.29, 1.82) is 0 Å². The summed E-state index contributed by atoms with van der Waals surface area (Å²) < 4.78 is 7.19. The van der Waals surface area contributed by atoms with E-state index in [0.717, 1.165) is 11.3 Å². The summed E-state index contributed by atoms with van der Waals surface area (Å²) in [5, 5.41) is 21.9. The fourth-order valence-corrected chi connectivity index (χ4v) is 4.45. The van der Waals surface area contributed by atoms with E-state index in [2.05, 4.69) is 15.5 Å².